The first-order valence-electron chi connectivity index (χ1n) is 6.18. The Balaban J connectivity index is 2.28. The monoisotopic (exact) mass is 303 g/mol. The van der Waals surface area contributed by atoms with Crippen LogP contribution in [0.15, 0.2) is 42.5 Å². The van der Waals surface area contributed by atoms with Gasteiger partial charge in [0.2, 0.25) is 0 Å². The van der Waals surface area contributed by atoms with E-state index in [1.165, 1.54) is 30.3 Å². The van der Waals surface area contributed by atoms with Crippen LogP contribution in [0.2, 0.25) is 5.02 Å². The van der Waals surface area contributed by atoms with E-state index in [1.807, 2.05) is 6.07 Å². The highest BCUT2D eigenvalue weighted by atomic mass is 35.5. The molecule has 0 amide bonds. The fraction of sp³-hybridized carbons (Fsp3) is 0.125. The van der Waals surface area contributed by atoms with Crippen molar-refractivity contribution in [2.24, 2.45) is 0 Å². The van der Waals surface area contributed by atoms with E-state index in [0.717, 1.165) is 5.56 Å². The normalized spacial score (nSPS) is 11.7. The summed E-state index contributed by atoms with van der Waals surface area (Å²) < 4.78 is 13.8. The summed E-state index contributed by atoms with van der Waals surface area (Å²) in [5.74, 6) is -2.26. The van der Waals surface area contributed by atoms with E-state index in [1.54, 1.807) is 12.1 Å². The zero-order valence-electron chi connectivity index (χ0n) is 10.9. The van der Waals surface area contributed by atoms with Crippen molar-refractivity contribution in [1.82, 2.24) is 0 Å². The van der Waals surface area contributed by atoms with Crippen molar-refractivity contribution >= 4 is 17.6 Å². The molecule has 0 aliphatic heterocycles. The van der Waals surface area contributed by atoms with Gasteiger partial charge >= 0.3 is 5.97 Å². The van der Waals surface area contributed by atoms with Gasteiger partial charge in [-0.2, -0.15) is 5.26 Å². The Kier molecular flexibility index (Phi) is 4.56. The molecular formula is C16H11ClFNO2. The Bertz CT molecular complexity index is 687. The molecule has 0 spiro atoms. The first kappa shape index (κ1) is 15.0. The van der Waals surface area contributed by atoms with Gasteiger partial charge in [-0.1, -0.05) is 29.8 Å². The van der Waals surface area contributed by atoms with E-state index in [2.05, 4.69) is 0 Å². The average Bonchev–Trinajstić information content (AvgIpc) is 2.46. The Morgan fingerprint density at radius 1 is 1.29 bits per heavy atom. The van der Waals surface area contributed by atoms with Gasteiger partial charge in [0.1, 0.15) is 5.82 Å². The van der Waals surface area contributed by atoms with Gasteiger partial charge in [-0.3, -0.25) is 0 Å². The van der Waals surface area contributed by atoms with Crippen LogP contribution in [-0.2, 0) is 6.42 Å². The van der Waals surface area contributed by atoms with Crippen LogP contribution in [0.25, 0.3) is 0 Å². The standard InChI is InChI=1S/C16H11ClFNO2/c17-13-2-1-3-14(18)15(13)12(9-19)8-10-4-6-11(7-5-10)16(20)21/h1-7,12H,8H2,(H,20,21). The van der Waals surface area contributed by atoms with Crippen molar-refractivity contribution in [3.8, 4) is 6.07 Å². The third kappa shape index (κ3) is 3.39. The third-order valence-corrected chi connectivity index (χ3v) is 3.47. The summed E-state index contributed by atoms with van der Waals surface area (Å²) in [4.78, 5) is 10.8. The van der Waals surface area contributed by atoms with Crippen molar-refractivity contribution in [2.75, 3.05) is 0 Å². The summed E-state index contributed by atoms with van der Waals surface area (Å²) in [6, 6.07) is 12.5. The smallest absolute Gasteiger partial charge is 0.335 e. The summed E-state index contributed by atoms with van der Waals surface area (Å²) in [7, 11) is 0. The maximum Gasteiger partial charge on any atom is 0.335 e. The number of halogens is 2. The van der Waals surface area contributed by atoms with Gasteiger partial charge in [0.05, 0.1) is 17.6 Å². The van der Waals surface area contributed by atoms with Gasteiger partial charge < -0.3 is 5.11 Å². The molecule has 2 rings (SSSR count). The largest absolute Gasteiger partial charge is 0.478 e. The lowest BCUT2D eigenvalue weighted by Crippen LogP contribution is -2.05. The van der Waals surface area contributed by atoms with Crippen LogP contribution in [0.1, 0.15) is 27.4 Å². The Morgan fingerprint density at radius 3 is 2.48 bits per heavy atom. The molecule has 1 atom stereocenters. The van der Waals surface area contributed by atoms with Crippen LogP contribution in [-0.4, -0.2) is 11.1 Å². The summed E-state index contributed by atoms with van der Waals surface area (Å²) in [6.45, 7) is 0. The topological polar surface area (TPSA) is 61.1 Å². The molecule has 2 aromatic rings. The maximum atomic E-state index is 13.8. The van der Waals surface area contributed by atoms with E-state index >= 15 is 0 Å². The van der Waals surface area contributed by atoms with E-state index < -0.39 is 17.7 Å². The maximum absolute atomic E-state index is 13.8. The summed E-state index contributed by atoms with van der Waals surface area (Å²) in [5, 5.41) is 18.3. The highest BCUT2D eigenvalue weighted by molar-refractivity contribution is 6.31. The molecule has 1 N–H and O–H groups in total. The van der Waals surface area contributed by atoms with E-state index in [0.29, 0.717) is 0 Å². The van der Waals surface area contributed by atoms with Gasteiger partial charge in [0.15, 0.2) is 0 Å². The van der Waals surface area contributed by atoms with Crippen LogP contribution >= 0.6 is 11.6 Å². The van der Waals surface area contributed by atoms with Crippen molar-refractivity contribution in [3.63, 3.8) is 0 Å². The van der Waals surface area contributed by atoms with Crippen molar-refractivity contribution in [3.05, 3.63) is 70.0 Å². The number of nitriles is 1. The number of aromatic carboxylic acids is 1. The minimum absolute atomic E-state index is 0.163. The van der Waals surface area contributed by atoms with Crippen LogP contribution in [0, 0.1) is 17.1 Å². The molecule has 106 valence electrons. The molecule has 0 radical (unpaired) electrons. The van der Waals surface area contributed by atoms with Gasteiger partial charge in [-0.25, -0.2) is 9.18 Å². The highest BCUT2D eigenvalue weighted by Gasteiger charge is 2.19. The molecule has 1 unspecified atom stereocenters. The lowest BCUT2D eigenvalue weighted by molar-refractivity contribution is 0.0697. The van der Waals surface area contributed by atoms with Crippen molar-refractivity contribution in [2.45, 2.75) is 12.3 Å². The van der Waals surface area contributed by atoms with Crippen LogP contribution in [0.3, 0.4) is 0 Å². The predicted octanol–water partition coefficient (Wildman–Crippen LogP) is 4.03. The number of rotatable bonds is 4. The number of carbonyl (C=O) groups is 1. The third-order valence-electron chi connectivity index (χ3n) is 3.14. The van der Waals surface area contributed by atoms with E-state index in [9.17, 15) is 14.4 Å². The molecule has 0 saturated carbocycles. The quantitative estimate of drug-likeness (QED) is 0.927. The molecule has 0 fully saturated rings. The molecule has 0 aromatic heterocycles. The second-order valence-corrected chi connectivity index (χ2v) is 4.93. The van der Waals surface area contributed by atoms with Crippen LogP contribution in [0.4, 0.5) is 4.39 Å². The number of carboxylic acids is 1. The number of hydrogen-bond acceptors (Lipinski definition) is 2. The fourth-order valence-electron chi connectivity index (χ4n) is 2.07. The first-order valence-corrected chi connectivity index (χ1v) is 6.56. The van der Waals surface area contributed by atoms with Gasteiger partial charge in [-0.05, 0) is 36.2 Å². The minimum atomic E-state index is -1.02. The molecule has 2 aromatic carbocycles. The fourth-order valence-corrected chi connectivity index (χ4v) is 2.37. The molecular weight excluding hydrogens is 293 g/mol. The van der Waals surface area contributed by atoms with E-state index in [4.69, 9.17) is 16.7 Å². The highest BCUT2D eigenvalue weighted by Crippen LogP contribution is 2.29. The summed E-state index contributed by atoms with van der Waals surface area (Å²) in [5.41, 5.74) is 1.08. The minimum Gasteiger partial charge on any atom is -0.478 e. The predicted molar refractivity (Wildman–Crippen MR) is 76.9 cm³/mol. The van der Waals surface area contributed by atoms with Gasteiger partial charge in [-0.15, -0.1) is 0 Å². The van der Waals surface area contributed by atoms with Crippen LogP contribution in [0.5, 0.6) is 0 Å². The molecule has 0 aliphatic rings. The molecule has 0 aliphatic carbocycles. The van der Waals surface area contributed by atoms with Gasteiger partial charge in [0, 0.05) is 10.6 Å². The Labute approximate surface area is 126 Å². The zero-order valence-corrected chi connectivity index (χ0v) is 11.6. The average molecular weight is 304 g/mol. The lowest BCUT2D eigenvalue weighted by atomic mass is 9.92. The van der Waals surface area contributed by atoms with Crippen molar-refractivity contribution < 1.29 is 14.3 Å². The second-order valence-electron chi connectivity index (χ2n) is 4.52. The second kappa shape index (κ2) is 6.38. The van der Waals surface area contributed by atoms with Gasteiger partial charge in [0.25, 0.3) is 0 Å². The molecule has 3 nitrogen and oxygen atoms in total. The number of carboxylic acid groups (broad SMARTS) is 1. The lowest BCUT2D eigenvalue weighted by Gasteiger charge is -2.12. The Morgan fingerprint density at radius 2 is 1.95 bits per heavy atom. The number of nitrogens with zero attached hydrogens (tertiary/aromatic N) is 1. The Hall–Kier alpha value is -2.38. The first-order chi connectivity index (χ1) is 10.0. The molecule has 5 heteroatoms. The summed E-state index contributed by atoms with van der Waals surface area (Å²) >= 11 is 5.97. The zero-order chi connectivity index (χ0) is 15.4. The van der Waals surface area contributed by atoms with Crippen LogP contribution < -0.4 is 0 Å². The van der Waals surface area contributed by atoms with E-state index in [-0.39, 0.29) is 22.6 Å². The number of benzene rings is 2. The van der Waals surface area contributed by atoms with Crippen molar-refractivity contribution in [1.29, 1.82) is 5.26 Å². The molecule has 0 bridgehead atoms. The summed E-state index contributed by atoms with van der Waals surface area (Å²) in [6.07, 6.45) is 0.261. The molecule has 0 saturated heterocycles. The molecule has 0 heterocycles. The molecule has 21 heavy (non-hydrogen) atoms. The SMILES string of the molecule is N#CC(Cc1ccc(C(=O)O)cc1)c1c(F)cccc1Cl. The number of hydrogen-bond donors (Lipinski definition) is 1.